The van der Waals surface area contributed by atoms with Crippen molar-refractivity contribution >= 4 is 22.6 Å². The molecule has 6 heteroatoms. The van der Waals surface area contributed by atoms with E-state index in [4.69, 9.17) is 4.74 Å². The van der Waals surface area contributed by atoms with Gasteiger partial charge >= 0.3 is 0 Å². The minimum atomic E-state index is 0.182. The Morgan fingerprint density at radius 3 is 2.54 bits per heavy atom. The molecular formula is C20H30N4OS. The monoisotopic (exact) mass is 374 g/mol. The number of morpholine rings is 1. The van der Waals surface area contributed by atoms with Gasteiger partial charge in [-0.3, -0.25) is 15.3 Å². The number of nitrogens with one attached hydrogen (secondary N) is 1. The minimum absolute atomic E-state index is 0.182. The molecule has 1 aromatic carbocycles. The predicted octanol–water partition coefficient (Wildman–Crippen LogP) is 3.10. The van der Waals surface area contributed by atoms with Crippen molar-refractivity contribution in [3.8, 4) is 0 Å². The summed E-state index contributed by atoms with van der Waals surface area (Å²) >= 11 is 1.74. The lowest BCUT2D eigenvalue weighted by Gasteiger charge is -2.26. The van der Waals surface area contributed by atoms with E-state index in [9.17, 15) is 0 Å². The molecule has 0 aromatic heterocycles. The molecule has 142 valence electrons. The minimum Gasteiger partial charge on any atom is -0.379 e. The Hall–Kier alpha value is -1.37. The fraction of sp³-hybridized carbons (Fsp3) is 0.600. The van der Waals surface area contributed by atoms with Gasteiger partial charge in [0.05, 0.1) is 18.9 Å². The number of amidine groups is 1. The van der Waals surface area contributed by atoms with Crippen molar-refractivity contribution in [3.05, 3.63) is 35.4 Å². The number of hydrogen-bond acceptors (Lipinski definition) is 5. The fourth-order valence-corrected chi connectivity index (χ4v) is 3.81. The second-order valence-electron chi connectivity index (χ2n) is 7.78. The van der Waals surface area contributed by atoms with E-state index in [0.29, 0.717) is 0 Å². The molecule has 0 atom stereocenters. The molecule has 0 bridgehead atoms. The van der Waals surface area contributed by atoms with Gasteiger partial charge in [0, 0.05) is 31.9 Å². The normalized spacial score (nSPS) is 20.7. The van der Waals surface area contributed by atoms with Crippen molar-refractivity contribution in [2.75, 3.05) is 45.1 Å². The number of benzene rings is 1. The highest BCUT2D eigenvalue weighted by atomic mass is 32.2. The molecule has 0 amide bonds. The number of rotatable bonds is 5. The van der Waals surface area contributed by atoms with Crippen LogP contribution >= 0.6 is 11.8 Å². The van der Waals surface area contributed by atoms with Crippen LogP contribution in [-0.4, -0.2) is 60.9 Å². The highest BCUT2D eigenvalue weighted by Crippen LogP contribution is 2.23. The number of nitrogens with zero attached hydrogens (tertiary/aromatic N) is 3. The smallest absolute Gasteiger partial charge is 0.177 e. The first-order chi connectivity index (χ1) is 12.5. The van der Waals surface area contributed by atoms with Crippen LogP contribution < -0.4 is 5.43 Å². The number of aliphatic imine (C=N–C) groups is 1. The Balaban J connectivity index is 1.46. The SMILES string of the molecule is CC(C)(C)c1ccc(C2=NNC(=NCCCN3CCOCC3)SC2)cc1. The van der Waals surface area contributed by atoms with Crippen LogP contribution in [0.5, 0.6) is 0 Å². The number of hydrogen-bond donors (Lipinski definition) is 1. The maximum absolute atomic E-state index is 5.37. The van der Waals surface area contributed by atoms with Gasteiger partial charge < -0.3 is 4.74 Å². The summed E-state index contributed by atoms with van der Waals surface area (Å²) in [5.74, 6) is 0.865. The van der Waals surface area contributed by atoms with Crippen LogP contribution in [0.2, 0.25) is 0 Å². The topological polar surface area (TPSA) is 49.2 Å². The first kappa shape index (κ1) is 19.4. The fourth-order valence-electron chi connectivity index (χ4n) is 3.01. The van der Waals surface area contributed by atoms with E-state index in [1.54, 1.807) is 11.8 Å². The summed E-state index contributed by atoms with van der Waals surface area (Å²) in [7, 11) is 0. The van der Waals surface area contributed by atoms with Crippen molar-refractivity contribution in [1.82, 2.24) is 10.3 Å². The third-order valence-electron chi connectivity index (χ3n) is 4.71. The van der Waals surface area contributed by atoms with Crippen LogP contribution in [-0.2, 0) is 10.2 Å². The predicted molar refractivity (Wildman–Crippen MR) is 111 cm³/mol. The summed E-state index contributed by atoms with van der Waals surface area (Å²) in [6, 6.07) is 8.76. The molecule has 2 heterocycles. The summed E-state index contributed by atoms with van der Waals surface area (Å²) in [5.41, 5.74) is 6.92. The molecule has 0 aliphatic carbocycles. The van der Waals surface area contributed by atoms with E-state index in [0.717, 1.165) is 62.4 Å². The van der Waals surface area contributed by atoms with E-state index in [-0.39, 0.29) is 5.41 Å². The first-order valence-corrected chi connectivity index (χ1v) is 10.4. The summed E-state index contributed by atoms with van der Waals surface area (Å²) in [6.45, 7) is 12.5. The van der Waals surface area contributed by atoms with Gasteiger partial charge in [0.25, 0.3) is 0 Å². The van der Waals surface area contributed by atoms with Gasteiger partial charge in [0.2, 0.25) is 0 Å². The number of ether oxygens (including phenoxy) is 1. The average Bonchev–Trinajstić information content (AvgIpc) is 2.66. The average molecular weight is 375 g/mol. The van der Waals surface area contributed by atoms with Crippen LogP contribution in [0.1, 0.15) is 38.3 Å². The molecule has 2 aliphatic heterocycles. The summed E-state index contributed by atoms with van der Waals surface area (Å²) in [5, 5.41) is 5.46. The van der Waals surface area contributed by atoms with Crippen molar-refractivity contribution in [3.63, 3.8) is 0 Å². The Labute approximate surface area is 161 Å². The van der Waals surface area contributed by atoms with Crippen molar-refractivity contribution in [2.45, 2.75) is 32.6 Å². The maximum Gasteiger partial charge on any atom is 0.177 e. The highest BCUT2D eigenvalue weighted by molar-refractivity contribution is 8.14. The van der Waals surface area contributed by atoms with Gasteiger partial charge in [-0.1, -0.05) is 56.8 Å². The highest BCUT2D eigenvalue weighted by Gasteiger charge is 2.16. The second kappa shape index (κ2) is 9.02. The lowest BCUT2D eigenvalue weighted by Crippen LogP contribution is -2.37. The van der Waals surface area contributed by atoms with E-state index >= 15 is 0 Å². The van der Waals surface area contributed by atoms with E-state index in [2.05, 4.69) is 65.5 Å². The molecule has 1 saturated heterocycles. The zero-order valence-electron chi connectivity index (χ0n) is 16.1. The van der Waals surface area contributed by atoms with Crippen molar-refractivity contribution < 1.29 is 4.74 Å². The third kappa shape index (κ3) is 5.56. The molecule has 1 N–H and O–H groups in total. The van der Waals surface area contributed by atoms with Gasteiger partial charge in [0.15, 0.2) is 5.17 Å². The Morgan fingerprint density at radius 2 is 1.92 bits per heavy atom. The van der Waals surface area contributed by atoms with Gasteiger partial charge in [-0.15, -0.1) is 0 Å². The molecule has 0 saturated carbocycles. The summed E-state index contributed by atoms with van der Waals surface area (Å²) in [6.07, 6.45) is 1.08. The van der Waals surface area contributed by atoms with Crippen LogP contribution in [0.4, 0.5) is 0 Å². The molecule has 1 fully saturated rings. The quantitative estimate of drug-likeness (QED) is 0.805. The van der Waals surface area contributed by atoms with E-state index in [1.807, 2.05) is 0 Å². The maximum atomic E-state index is 5.37. The second-order valence-corrected chi connectivity index (χ2v) is 8.74. The van der Waals surface area contributed by atoms with Crippen LogP contribution in [0.3, 0.4) is 0 Å². The van der Waals surface area contributed by atoms with Crippen LogP contribution in [0.25, 0.3) is 0 Å². The van der Waals surface area contributed by atoms with Gasteiger partial charge in [-0.05, 0) is 23.0 Å². The summed E-state index contributed by atoms with van der Waals surface area (Å²) < 4.78 is 5.37. The van der Waals surface area contributed by atoms with Crippen LogP contribution in [0.15, 0.2) is 34.4 Å². The zero-order valence-corrected chi connectivity index (χ0v) is 16.9. The Bertz CT molecular complexity index is 643. The molecule has 0 unspecified atom stereocenters. The van der Waals surface area contributed by atoms with Gasteiger partial charge in [0.1, 0.15) is 0 Å². The van der Waals surface area contributed by atoms with Crippen LogP contribution in [0, 0.1) is 0 Å². The molecule has 1 aromatic rings. The van der Waals surface area contributed by atoms with Gasteiger partial charge in [-0.25, -0.2) is 0 Å². The third-order valence-corrected chi connectivity index (χ3v) is 5.62. The molecular weight excluding hydrogens is 344 g/mol. The van der Waals surface area contributed by atoms with E-state index < -0.39 is 0 Å². The molecule has 2 aliphatic rings. The Kier molecular flexibility index (Phi) is 6.73. The Morgan fingerprint density at radius 1 is 1.19 bits per heavy atom. The molecule has 5 nitrogen and oxygen atoms in total. The lowest BCUT2D eigenvalue weighted by molar-refractivity contribution is 0.0377. The van der Waals surface area contributed by atoms with Gasteiger partial charge in [-0.2, -0.15) is 5.10 Å². The summed E-state index contributed by atoms with van der Waals surface area (Å²) in [4.78, 5) is 7.09. The first-order valence-electron chi connectivity index (χ1n) is 9.43. The molecule has 0 radical (unpaired) electrons. The van der Waals surface area contributed by atoms with E-state index in [1.165, 1.54) is 11.1 Å². The molecule has 26 heavy (non-hydrogen) atoms. The molecule has 0 spiro atoms. The molecule has 3 rings (SSSR count). The van der Waals surface area contributed by atoms with Crippen molar-refractivity contribution in [2.24, 2.45) is 10.1 Å². The number of thioether (sulfide) groups is 1. The zero-order chi connectivity index (χ0) is 18.4. The number of hydrazone groups is 1. The lowest BCUT2D eigenvalue weighted by atomic mass is 9.86. The largest absolute Gasteiger partial charge is 0.379 e. The van der Waals surface area contributed by atoms with Crippen molar-refractivity contribution in [1.29, 1.82) is 0 Å². The standard InChI is InChI=1S/C20H30N4OS/c1-20(2,3)17-7-5-16(6-8-17)18-15-26-19(23-22-18)21-9-4-10-24-11-13-25-14-12-24/h5-8H,4,9-15H2,1-3H3,(H,21,23).